The van der Waals surface area contributed by atoms with Crippen molar-refractivity contribution in [3.63, 3.8) is 0 Å². The Morgan fingerprint density at radius 2 is 1.90 bits per heavy atom. The summed E-state index contributed by atoms with van der Waals surface area (Å²) in [7, 11) is -3.99. The molecule has 1 aromatic carbocycles. The van der Waals surface area contributed by atoms with Gasteiger partial charge < -0.3 is 0 Å². The zero-order chi connectivity index (χ0) is 15.5. The lowest BCUT2D eigenvalue weighted by Crippen LogP contribution is -2.24. The van der Waals surface area contributed by atoms with Gasteiger partial charge in [-0.15, -0.1) is 0 Å². The Morgan fingerprint density at radius 3 is 2.57 bits per heavy atom. The second-order valence-electron chi connectivity index (χ2n) is 4.00. The largest absolute Gasteiger partial charge is 0.289 e. The lowest BCUT2D eigenvalue weighted by molar-refractivity contribution is -0.387. The fraction of sp³-hybridized carbons (Fsp3) is 0.0833. The number of hydrogen-bond donors (Lipinski definition) is 1. The van der Waals surface area contributed by atoms with Gasteiger partial charge in [-0.2, -0.15) is 0 Å². The Labute approximate surface area is 129 Å². The van der Waals surface area contributed by atoms with Crippen LogP contribution in [0.25, 0.3) is 0 Å². The molecule has 2 aromatic rings. The molecule has 1 aromatic heterocycles. The molecule has 21 heavy (non-hydrogen) atoms. The lowest BCUT2D eigenvalue weighted by Gasteiger charge is -2.07. The molecule has 0 bridgehead atoms. The first kappa shape index (κ1) is 15.5. The van der Waals surface area contributed by atoms with Crippen molar-refractivity contribution in [1.29, 1.82) is 0 Å². The second kappa shape index (κ2) is 6.29. The van der Waals surface area contributed by atoms with Crippen molar-refractivity contribution >= 4 is 31.6 Å². The van der Waals surface area contributed by atoms with Crippen LogP contribution in [0.15, 0.2) is 52.0 Å². The average Bonchev–Trinajstić information content (AvgIpc) is 2.45. The fourth-order valence-corrected chi connectivity index (χ4v) is 3.18. The summed E-state index contributed by atoms with van der Waals surface area (Å²) in [5.74, 6) is 0. The summed E-state index contributed by atoms with van der Waals surface area (Å²) >= 11 is 3.18. The summed E-state index contributed by atoms with van der Waals surface area (Å²) in [6.07, 6.45) is 0. The number of sulfonamides is 1. The number of halogens is 1. The molecular weight excluding hydrogens is 362 g/mol. The first-order valence-corrected chi connectivity index (χ1v) is 8.02. The molecule has 0 aliphatic heterocycles. The van der Waals surface area contributed by atoms with Crippen LogP contribution in [0, 0.1) is 10.1 Å². The molecule has 0 aliphatic rings. The molecule has 0 fully saturated rings. The first-order valence-electron chi connectivity index (χ1n) is 5.75. The van der Waals surface area contributed by atoms with Gasteiger partial charge >= 0.3 is 0 Å². The van der Waals surface area contributed by atoms with E-state index in [1.54, 1.807) is 18.2 Å². The highest BCUT2D eigenvalue weighted by molar-refractivity contribution is 9.10. The van der Waals surface area contributed by atoms with Crippen molar-refractivity contribution < 1.29 is 13.3 Å². The Kier molecular flexibility index (Phi) is 4.66. The van der Waals surface area contributed by atoms with E-state index in [1.165, 1.54) is 18.2 Å². The molecule has 0 atom stereocenters. The summed E-state index contributed by atoms with van der Waals surface area (Å²) in [5.41, 5.74) is 0.0266. The van der Waals surface area contributed by atoms with E-state index in [0.717, 1.165) is 6.07 Å². The van der Waals surface area contributed by atoms with Gasteiger partial charge in [-0.3, -0.25) is 10.1 Å². The van der Waals surface area contributed by atoms with Crippen LogP contribution in [0.5, 0.6) is 0 Å². The van der Waals surface area contributed by atoms with Gasteiger partial charge in [0.2, 0.25) is 10.0 Å². The number of hydrogen-bond acceptors (Lipinski definition) is 5. The maximum Gasteiger partial charge on any atom is 0.289 e. The first-order chi connectivity index (χ1) is 9.90. The summed E-state index contributed by atoms with van der Waals surface area (Å²) in [6, 6.07) is 10.2. The van der Waals surface area contributed by atoms with Gasteiger partial charge in [0.1, 0.15) is 4.60 Å². The van der Waals surface area contributed by atoms with Crippen molar-refractivity contribution in [1.82, 2.24) is 9.71 Å². The Bertz CT molecular complexity index is 780. The van der Waals surface area contributed by atoms with Gasteiger partial charge in [0.05, 0.1) is 17.2 Å². The summed E-state index contributed by atoms with van der Waals surface area (Å²) in [6.45, 7) is -0.0617. The summed E-state index contributed by atoms with van der Waals surface area (Å²) in [4.78, 5) is 13.9. The van der Waals surface area contributed by atoms with Gasteiger partial charge in [-0.25, -0.2) is 18.1 Å². The summed E-state index contributed by atoms with van der Waals surface area (Å²) < 4.78 is 27.2. The molecule has 9 heteroatoms. The van der Waals surface area contributed by atoms with E-state index in [9.17, 15) is 18.5 Å². The molecule has 0 unspecified atom stereocenters. The number of para-hydroxylation sites is 1. The van der Waals surface area contributed by atoms with E-state index in [1.807, 2.05) is 0 Å². The van der Waals surface area contributed by atoms with Gasteiger partial charge in [-0.1, -0.05) is 18.2 Å². The van der Waals surface area contributed by atoms with Crippen LogP contribution in [0.3, 0.4) is 0 Å². The second-order valence-corrected chi connectivity index (χ2v) is 6.55. The standard InChI is InChI=1S/C12H10BrN3O4S/c13-12-7-3-4-9(15-12)8-14-21(19,20)11-6-2-1-5-10(11)16(17)18/h1-7,14H,8H2. The molecule has 1 N–H and O–H groups in total. The molecule has 0 radical (unpaired) electrons. The number of nitrogens with one attached hydrogen (secondary N) is 1. The van der Waals surface area contributed by atoms with E-state index >= 15 is 0 Å². The van der Waals surface area contributed by atoms with Crippen LogP contribution in [0.2, 0.25) is 0 Å². The molecule has 7 nitrogen and oxygen atoms in total. The molecular formula is C12H10BrN3O4S. The van der Waals surface area contributed by atoms with Crippen LogP contribution < -0.4 is 4.72 Å². The zero-order valence-electron chi connectivity index (χ0n) is 10.6. The third-order valence-corrected chi connectivity index (χ3v) is 4.46. The van der Waals surface area contributed by atoms with E-state index in [-0.39, 0.29) is 11.4 Å². The van der Waals surface area contributed by atoms with Crippen LogP contribution >= 0.6 is 15.9 Å². The minimum atomic E-state index is -3.99. The minimum Gasteiger partial charge on any atom is -0.258 e. The Morgan fingerprint density at radius 1 is 1.19 bits per heavy atom. The van der Waals surface area contributed by atoms with Crippen LogP contribution in [-0.2, 0) is 16.6 Å². The number of pyridine rings is 1. The highest BCUT2D eigenvalue weighted by Crippen LogP contribution is 2.22. The quantitative estimate of drug-likeness (QED) is 0.493. The monoisotopic (exact) mass is 371 g/mol. The van der Waals surface area contributed by atoms with Crippen molar-refractivity contribution in [2.45, 2.75) is 11.4 Å². The number of benzene rings is 1. The topological polar surface area (TPSA) is 102 Å². The normalized spacial score (nSPS) is 11.3. The van der Waals surface area contributed by atoms with E-state index < -0.39 is 20.6 Å². The number of nitrogens with zero attached hydrogens (tertiary/aromatic N) is 2. The number of aromatic nitrogens is 1. The zero-order valence-corrected chi connectivity index (χ0v) is 13.0. The van der Waals surface area contributed by atoms with Crippen LogP contribution in [-0.4, -0.2) is 18.3 Å². The minimum absolute atomic E-state index is 0.0617. The smallest absolute Gasteiger partial charge is 0.258 e. The molecule has 1 heterocycles. The molecule has 0 aliphatic carbocycles. The molecule has 2 rings (SSSR count). The Balaban J connectivity index is 2.25. The van der Waals surface area contributed by atoms with Crippen LogP contribution in [0.1, 0.15) is 5.69 Å². The van der Waals surface area contributed by atoms with Gasteiger partial charge in [0.15, 0.2) is 4.90 Å². The predicted molar refractivity (Wildman–Crippen MR) is 79.1 cm³/mol. The average molecular weight is 372 g/mol. The summed E-state index contributed by atoms with van der Waals surface area (Å²) in [5, 5.41) is 10.9. The van der Waals surface area contributed by atoms with Crippen molar-refractivity contribution in [3.8, 4) is 0 Å². The molecule has 110 valence electrons. The van der Waals surface area contributed by atoms with Gasteiger partial charge in [0.25, 0.3) is 5.69 Å². The van der Waals surface area contributed by atoms with E-state index in [2.05, 4.69) is 25.6 Å². The van der Waals surface area contributed by atoms with Crippen LogP contribution in [0.4, 0.5) is 5.69 Å². The molecule has 0 saturated heterocycles. The lowest BCUT2D eigenvalue weighted by atomic mass is 10.3. The van der Waals surface area contributed by atoms with Gasteiger partial charge in [-0.05, 0) is 34.1 Å². The maximum absolute atomic E-state index is 12.2. The number of nitro benzene ring substituents is 1. The highest BCUT2D eigenvalue weighted by Gasteiger charge is 2.24. The van der Waals surface area contributed by atoms with E-state index in [4.69, 9.17) is 0 Å². The Hall–Kier alpha value is -1.84. The maximum atomic E-state index is 12.2. The third kappa shape index (κ3) is 3.84. The van der Waals surface area contributed by atoms with Crippen molar-refractivity contribution in [2.75, 3.05) is 0 Å². The van der Waals surface area contributed by atoms with Gasteiger partial charge in [0, 0.05) is 6.07 Å². The molecule has 0 amide bonds. The predicted octanol–water partition coefficient (Wildman–Crippen LogP) is 2.23. The number of nitro groups is 1. The van der Waals surface area contributed by atoms with Crippen molar-refractivity contribution in [3.05, 3.63) is 62.9 Å². The molecule has 0 saturated carbocycles. The number of rotatable bonds is 5. The SMILES string of the molecule is O=[N+]([O-])c1ccccc1S(=O)(=O)NCc1cccc(Br)n1. The fourth-order valence-electron chi connectivity index (χ4n) is 1.63. The van der Waals surface area contributed by atoms with E-state index in [0.29, 0.717) is 10.3 Å². The molecule has 0 spiro atoms. The highest BCUT2D eigenvalue weighted by atomic mass is 79.9. The third-order valence-electron chi connectivity index (χ3n) is 2.57. The van der Waals surface area contributed by atoms with Crippen molar-refractivity contribution in [2.24, 2.45) is 0 Å².